The lowest BCUT2D eigenvalue weighted by molar-refractivity contribution is -0.136. The summed E-state index contributed by atoms with van der Waals surface area (Å²) in [5, 5.41) is 2.28. The standard InChI is InChI=1S/C18H12BrClO3/c19-14-9-10-16(13-6-2-1-5-12(13)14)23-18(21)11-22-17-8-4-3-7-15(17)20/h1-10H,11H2. The third-order valence-corrected chi connectivity index (χ3v) is 4.24. The molecule has 0 saturated carbocycles. The van der Waals surface area contributed by atoms with Crippen molar-refractivity contribution in [2.45, 2.75) is 0 Å². The second kappa shape index (κ2) is 7.02. The van der Waals surface area contributed by atoms with Crippen molar-refractivity contribution < 1.29 is 14.3 Å². The molecule has 0 unspecified atom stereocenters. The van der Waals surface area contributed by atoms with Crippen LogP contribution in [0.15, 0.2) is 65.1 Å². The van der Waals surface area contributed by atoms with Crippen molar-refractivity contribution in [3.8, 4) is 11.5 Å². The highest BCUT2D eigenvalue weighted by Crippen LogP contribution is 2.31. The van der Waals surface area contributed by atoms with Gasteiger partial charge in [0.25, 0.3) is 0 Å². The Kier molecular flexibility index (Phi) is 4.84. The van der Waals surface area contributed by atoms with Crippen LogP contribution in [-0.2, 0) is 4.79 Å². The Morgan fingerprint density at radius 1 is 0.913 bits per heavy atom. The largest absolute Gasteiger partial charge is 0.480 e. The monoisotopic (exact) mass is 390 g/mol. The number of hydrogen-bond acceptors (Lipinski definition) is 3. The SMILES string of the molecule is O=C(COc1ccccc1Cl)Oc1ccc(Br)c2ccccc12. The molecule has 3 aromatic carbocycles. The summed E-state index contributed by atoms with van der Waals surface area (Å²) in [7, 11) is 0. The molecular weight excluding hydrogens is 380 g/mol. The van der Waals surface area contributed by atoms with Gasteiger partial charge >= 0.3 is 5.97 Å². The van der Waals surface area contributed by atoms with Gasteiger partial charge in [0.15, 0.2) is 6.61 Å². The second-order valence-electron chi connectivity index (χ2n) is 4.78. The molecule has 0 spiro atoms. The minimum atomic E-state index is -0.489. The predicted octanol–water partition coefficient (Wildman–Crippen LogP) is 5.24. The number of carbonyl (C=O) groups excluding carboxylic acids is 1. The van der Waals surface area contributed by atoms with Gasteiger partial charge in [-0.05, 0) is 29.7 Å². The molecule has 0 aliphatic rings. The van der Waals surface area contributed by atoms with E-state index in [1.54, 1.807) is 30.3 Å². The highest BCUT2D eigenvalue weighted by molar-refractivity contribution is 9.10. The Balaban J connectivity index is 1.74. The van der Waals surface area contributed by atoms with Gasteiger partial charge in [-0.25, -0.2) is 4.79 Å². The van der Waals surface area contributed by atoms with Crippen LogP contribution in [-0.4, -0.2) is 12.6 Å². The third-order valence-electron chi connectivity index (χ3n) is 3.24. The Labute approximate surface area is 146 Å². The molecule has 0 heterocycles. The molecule has 0 aliphatic heterocycles. The molecular formula is C18H12BrClO3. The molecule has 23 heavy (non-hydrogen) atoms. The zero-order valence-corrected chi connectivity index (χ0v) is 14.3. The topological polar surface area (TPSA) is 35.5 Å². The molecule has 3 aromatic rings. The van der Waals surface area contributed by atoms with Crippen molar-refractivity contribution in [3.05, 3.63) is 70.2 Å². The Morgan fingerprint density at radius 3 is 2.39 bits per heavy atom. The minimum Gasteiger partial charge on any atom is -0.480 e. The zero-order chi connectivity index (χ0) is 16.2. The van der Waals surface area contributed by atoms with Crippen LogP contribution in [0, 0.1) is 0 Å². The van der Waals surface area contributed by atoms with E-state index < -0.39 is 5.97 Å². The number of hydrogen-bond donors (Lipinski definition) is 0. The Bertz CT molecular complexity index is 864. The van der Waals surface area contributed by atoms with E-state index in [9.17, 15) is 4.79 Å². The highest BCUT2D eigenvalue weighted by atomic mass is 79.9. The zero-order valence-electron chi connectivity index (χ0n) is 12.0. The van der Waals surface area contributed by atoms with Crippen molar-refractivity contribution in [2.24, 2.45) is 0 Å². The fourth-order valence-corrected chi connectivity index (χ4v) is 2.84. The molecule has 0 saturated heterocycles. The van der Waals surface area contributed by atoms with Gasteiger partial charge in [-0.15, -0.1) is 0 Å². The van der Waals surface area contributed by atoms with Gasteiger partial charge in [0, 0.05) is 9.86 Å². The Hall–Kier alpha value is -2.04. The van der Waals surface area contributed by atoms with Crippen LogP contribution in [0.3, 0.4) is 0 Å². The minimum absolute atomic E-state index is 0.214. The maximum absolute atomic E-state index is 12.0. The summed E-state index contributed by atoms with van der Waals surface area (Å²) < 4.78 is 11.8. The van der Waals surface area contributed by atoms with Crippen LogP contribution in [0.4, 0.5) is 0 Å². The first-order valence-corrected chi connectivity index (χ1v) is 8.07. The molecule has 3 nitrogen and oxygen atoms in total. The number of ether oxygens (including phenoxy) is 2. The first-order chi connectivity index (χ1) is 11.1. The average molecular weight is 392 g/mol. The molecule has 0 fully saturated rings. The van der Waals surface area contributed by atoms with E-state index in [-0.39, 0.29) is 6.61 Å². The van der Waals surface area contributed by atoms with Crippen LogP contribution in [0.25, 0.3) is 10.8 Å². The smallest absolute Gasteiger partial charge is 0.349 e. The number of carbonyl (C=O) groups is 1. The lowest BCUT2D eigenvalue weighted by Gasteiger charge is -2.10. The summed E-state index contributed by atoms with van der Waals surface area (Å²) in [5.74, 6) is 0.459. The third kappa shape index (κ3) is 3.66. The summed E-state index contributed by atoms with van der Waals surface area (Å²) in [4.78, 5) is 12.0. The van der Waals surface area contributed by atoms with Gasteiger partial charge in [-0.1, -0.05) is 63.9 Å². The maximum Gasteiger partial charge on any atom is 0.349 e. The quantitative estimate of drug-likeness (QED) is 0.451. The summed E-state index contributed by atoms with van der Waals surface area (Å²) in [6.45, 7) is -0.214. The van der Waals surface area contributed by atoms with Crippen molar-refractivity contribution in [1.29, 1.82) is 0 Å². The summed E-state index contributed by atoms with van der Waals surface area (Å²) in [6.07, 6.45) is 0. The van der Waals surface area contributed by atoms with E-state index in [4.69, 9.17) is 21.1 Å². The van der Waals surface area contributed by atoms with Crippen molar-refractivity contribution >= 4 is 44.3 Å². The molecule has 0 N–H and O–H groups in total. The average Bonchev–Trinajstić information content (AvgIpc) is 2.57. The normalized spacial score (nSPS) is 10.5. The van der Waals surface area contributed by atoms with Gasteiger partial charge in [0.2, 0.25) is 0 Å². The fraction of sp³-hybridized carbons (Fsp3) is 0.0556. The van der Waals surface area contributed by atoms with E-state index in [2.05, 4.69) is 15.9 Å². The lowest BCUT2D eigenvalue weighted by Crippen LogP contribution is -2.18. The van der Waals surface area contributed by atoms with Crippen LogP contribution in [0.1, 0.15) is 0 Å². The van der Waals surface area contributed by atoms with Crippen molar-refractivity contribution in [1.82, 2.24) is 0 Å². The Morgan fingerprint density at radius 2 is 1.61 bits per heavy atom. The number of rotatable bonds is 4. The van der Waals surface area contributed by atoms with Crippen LogP contribution >= 0.6 is 27.5 Å². The van der Waals surface area contributed by atoms with E-state index in [0.29, 0.717) is 16.5 Å². The molecule has 5 heteroatoms. The van der Waals surface area contributed by atoms with E-state index in [1.165, 1.54) is 0 Å². The van der Waals surface area contributed by atoms with E-state index in [1.807, 2.05) is 30.3 Å². The molecule has 0 bridgehead atoms. The van der Waals surface area contributed by atoms with Crippen LogP contribution in [0.5, 0.6) is 11.5 Å². The van der Waals surface area contributed by atoms with E-state index >= 15 is 0 Å². The summed E-state index contributed by atoms with van der Waals surface area (Å²) in [6, 6.07) is 18.3. The number of para-hydroxylation sites is 1. The van der Waals surface area contributed by atoms with Gasteiger partial charge in [0.1, 0.15) is 11.5 Å². The van der Waals surface area contributed by atoms with Gasteiger partial charge < -0.3 is 9.47 Å². The second-order valence-corrected chi connectivity index (χ2v) is 6.05. The molecule has 0 amide bonds. The predicted molar refractivity (Wildman–Crippen MR) is 94.2 cm³/mol. The van der Waals surface area contributed by atoms with Crippen LogP contribution < -0.4 is 9.47 Å². The van der Waals surface area contributed by atoms with Gasteiger partial charge in [-0.3, -0.25) is 0 Å². The lowest BCUT2D eigenvalue weighted by atomic mass is 10.1. The first-order valence-electron chi connectivity index (χ1n) is 6.90. The molecule has 0 radical (unpaired) electrons. The van der Waals surface area contributed by atoms with Crippen molar-refractivity contribution in [3.63, 3.8) is 0 Å². The first kappa shape index (κ1) is 15.8. The van der Waals surface area contributed by atoms with Crippen molar-refractivity contribution in [2.75, 3.05) is 6.61 Å². The maximum atomic E-state index is 12.0. The summed E-state index contributed by atoms with van der Waals surface area (Å²) in [5.41, 5.74) is 0. The molecule has 0 aliphatic carbocycles. The van der Waals surface area contributed by atoms with Gasteiger partial charge in [-0.2, -0.15) is 0 Å². The molecule has 0 atom stereocenters. The fourth-order valence-electron chi connectivity index (χ4n) is 2.17. The number of halogens is 2. The number of esters is 1. The molecule has 116 valence electrons. The van der Waals surface area contributed by atoms with Crippen LogP contribution in [0.2, 0.25) is 5.02 Å². The number of benzene rings is 3. The molecule has 3 rings (SSSR count). The molecule has 0 aromatic heterocycles. The summed E-state index contributed by atoms with van der Waals surface area (Å²) >= 11 is 9.47. The highest BCUT2D eigenvalue weighted by Gasteiger charge is 2.11. The number of fused-ring (bicyclic) bond motifs is 1. The van der Waals surface area contributed by atoms with Gasteiger partial charge in [0.05, 0.1) is 5.02 Å². The van der Waals surface area contributed by atoms with E-state index in [0.717, 1.165) is 15.2 Å².